The number of amides is 2. The second kappa shape index (κ2) is 8.55. The summed E-state index contributed by atoms with van der Waals surface area (Å²) in [5.74, 6) is -1.22. The quantitative estimate of drug-likeness (QED) is 0.327. The van der Waals surface area contributed by atoms with Gasteiger partial charge in [-0.05, 0) is 42.5 Å². The van der Waals surface area contributed by atoms with E-state index in [-0.39, 0.29) is 43.4 Å². The van der Waals surface area contributed by atoms with Crippen LogP contribution >= 0.6 is 0 Å². The first-order valence-corrected chi connectivity index (χ1v) is 10.9. The molecule has 0 unspecified atom stereocenters. The van der Waals surface area contributed by atoms with Crippen LogP contribution in [0.4, 0.5) is 0 Å². The zero-order valence-electron chi connectivity index (χ0n) is 18.5. The molecule has 0 N–H and O–H groups in total. The molecule has 8 nitrogen and oxygen atoms in total. The highest BCUT2D eigenvalue weighted by Crippen LogP contribution is 2.30. The predicted octanol–water partition coefficient (Wildman–Crippen LogP) is 3.28. The van der Waals surface area contributed by atoms with E-state index in [0.717, 1.165) is 10.9 Å². The first-order valence-electron chi connectivity index (χ1n) is 10.9. The molecule has 0 bridgehead atoms. The number of aryl methyl sites for hydroxylation is 1. The molecule has 0 spiro atoms. The van der Waals surface area contributed by atoms with E-state index in [0.29, 0.717) is 27.9 Å². The second-order valence-corrected chi connectivity index (χ2v) is 8.26. The van der Waals surface area contributed by atoms with Gasteiger partial charge >= 0.3 is 5.97 Å². The maximum Gasteiger partial charge on any atom is 0.306 e. The number of benzene rings is 2. The fourth-order valence-electron chi connectivity index (χ4n) is 4.22. The van der Waals surface area contributed by atoms with Gasteiger partial charge in [0.1, 0.15) is 12.3 Å². The largest absolute Gasteiger partial charge is 0.459 e. The van der Waals surface area contributed by atoms with E-state index in [2.05, 4.69) is 4.98 Å². The lowest BCUT2D eigenvalue weighted by Crippen LogP contribution is -2.41. The number of hydrogen-bond donors (Lipinski definition) is 0. The van der Waals surface area contributed by atoms with Gasteiger partial charge in [-0.3, -0.25) is 28.5 Å². The third-order valence-electron chi connectivity index (χ3n) is 5.86. The van der Waals surface area contributed by atoms with Gasteiger partial charge in [0, 0.05) is 41.7 Å². The number of rotatable bonds is 6. The molecule has 0 saturated heterocycles. The Morgan fingerprint density at radius 3 is 2.38 bits per heavy atom. The third-order valence-corrected chi connectivity index (χ3v) is 5.86. The van der Waals surface area contributed by atoms with Crippen LogP contribution < -0.4 is 5.56 Å². The monoisotopic (exact) mass is 455 g/mol. The molecule has 0 atom stereocenters. The molecule has 1 aliphatic rings. The standard InChI is InChI=1S/C26H21N3O5/c1-16-10-11-21-27-18(13-22(30)29(21)14-16)15-34-23(31)9-4-12-28-25(32)19-7-2-5-17-6-3-8-20(24(17)19)26(28)33/h2-3,5-8,10-11,13-14H,4,9,12,15H2,1H3. The maximum absolute atomic E-state index is 12.9. The molecular weight excluding hydrogens is 434 g/mol. The lowest BCUT2D eigenvalue weighted by atomic mass is 9.94. The highest BCUT2D eigenvalue weighted by molar-refractivity contribution is 6.25. The third kappa shape index (κ3) is 3.83. The topological polar surface area (TPSA) is 98.0 Å². The van der Waals surface area contributed by atoms with Crippen molar-refractivity contribution in [1.82, 2.24) is 14.3 Å². The number of pyridine rings is 1. The highest BCUT2D eigenvalue weighted by atomic mass is 16.5. The number of ether oxygens (including phenoxy) is 1. The van der Waals surface area contributed by atoms with Crippen LogP contribution in [-0.2, 0) is 16.1 Å². The molecule has 2 amide bonds. The minimum Gasteiger partial charge on any atom is -0.459 e. The Morgan fingerprint density at radius 1 is 0.971 bits per heavy atom. The minimum atomic E-state index is -0.495. The molecule has 3 heterocycles. The average Bonchev–Trinajstić information content (AvgIpc) is 2.83. The van der Waals surface area contributed by atoms with Crippen molar-refractivity contribution in [2.24, 2.45) is 0 Å². The van der Waals surface area contributed by atoms with Crippen LogP contribution in [-0.4, -0.2) is 38.6 Å². The molecule has 2 aromatic heterocycles. The van der Waals surface area contributed by atoms with Gasteiger partial charge in [-0.15, -0.1) is 0 Å². The number of carbonyl (C=O) groups excluding carboxylic acids is 3. The predicted molar refractivity (Wildman–Crippen MR) is 125 cm³/mol. The molecule has 0 radical (unpaired) electrons. The minimum absolute atomic E-state index is 0.0225. The van der Waals surface area contributed by atoms with Crippen LogP contribution in [0.3, 0.4) is 0 Å². The normalized spacial score (nSPS) is 13.0. The molecule has 8 heteroatoms. The number of carbonyl (C=O) groups is 3. The van der Waals surface area contributed by atoms with Crippen LogP contribution in [0.15, 0.2) is 65.6 Å². The van der Waals surface area contributed by atoms with Crippen molar-refractivity contribution >= 4 is 34.2 Å². The number of esters is 1. The summed E-state index contributed by atoms with van der Waals surface area (Å²) in [5, 5.41) is 1.52. The zero-order valence-corrected chi connectivity index (χ0v) is 18.5. The van der Waals surface area contributed by atoms with Gasteiger partial charge in [-0.1, -0.05) is 30.3 Å². The van der Waals surface area contributed by atoms with Gasteiger partial charge in [0.15, 0.2) is 0 Å². The van der Waals surface area contributed by atoms with E-state index in [1.54, 1.807) is 36.5 Å². The van der Waals surface area contributed by atoms with E-state index in [9.17, 15) is 19.2 Å². The molecule has 34 heavy (non-hydrogen) atoms. The Labute approximate surface area is 194 Å². The SMILES string of the molecule is Cc1ccc2nc(COC(=O)CCCN3C(=O)c4cccc5cccc(c45)C3=O)cc(=O)n2c1. The summed E-state index contributed by atoms with van der Waals surface area (Å²) < 4.78 is 6.70. The molecule has 0 saturated carbocycles. The van der Waals surface area contributed by atoms with E-state index >= 15 is 0 Å². The van der Waals surface area contributed by atoms with Crippen LogP contribution in [0.25, 0.3) is 16.4 Å². The molecular formula is C26H21N3O5. The molecule has 2 aromatic carbocycles. The molecule has 0 aliphatic carbocycles. The van der Waals surface area contributed by atoms with Gasteiger partial charge in [-0.2, -0.15) is 0 Å². The van der Waals surface area contributed by atoms with Gasteiger partial charge in [0.05, 0.1) is 5.69 Å². The van der Waals surface area contributed by atoms with Crippen molar-refractivity contribution in [2.45, 2.75) is 26.4 Å². The summed E-state index contributed by atoms with van der Waals surface area (Å²) in [4.78, 5) is 55.9. The summed E-state index contributed by atoms with van der Waals surface area (Å²) >= 11 is 0. The Balaban J connectivity index is 1.20. The average molecular weight is 455 g/mol. The van der Waals surface area contributed by atoms with E-state index in [4.69, 9.17) is 4.74 Å². The van der Waals surface area contributed by atoms with Crippen LogP contribution in [0.1, 0.15) is 44.8 Å². The van der Waals surface area contributed by atoms with Crippen molar-refractivity contribution < 1.29 is 19.1 Å². The molecule has 5 rings (SSSR count). The fourth-order valence-corrected chi connectivity index (χ4v) is 4.22. The molecule has 0 fully saturated rings. The first-order chi connectivity index (χ1) is 16.4. The van der Waals surface area contributed by atoms with Crippen LogP contribution in [0, 0.1) is 6.92 Å². The summed E-state index contributed by atoms with van der Waals surface area (Å²) in [7, 11) is 0. The van der Waals surface area contributed by atoms with Crippen molar-refractivity contribution in [1.29, 1.82) is 0 Å². The van der Waals surface area contributed by atoms with Crippen LogP contribution in [0.2, 0.25) is 0 Å². The highest BCUT2D eigenvalue weighted by Gasteiger charge is 2.32. The maximum atomic E-state index is 12.9. The number of aromatic nitrogens is 2. The van der Waals surface area contributed by atoms with Crippen molar-refractivity contribution in [3.63, 3.8) is 0 Å². The Morgan fingerprint density at radius 2 is 1.68 bits per heavy atom. The van der Waals surface area contributed by atoms with E-state index < -0.39 is 5.97 Å². The smallest absolute Gasteiger partial charge is 0.306 e. The van der Waals surface area contributed by atoms with Crippen molar-refractivity contribution in [2.75, 3.05) is 6.54 Å². The summed E-state index contributed by atoms with van der Waals surface area (Å²) in [6, 6.07) is 15.7. The van der Waals surface area contributed by atoms with Gasteiger partial charge in [0.25, 0.3) is 17.4 Å². The lowest BCUT2D eigenvalue weighted by molar-refractivity contribution is -0.145. The Bertz CT molecular complexity index is 1490. The molecule has 170 valence electrons. The number of fused-ring (bicyclic) bond motifs is 1. The molecule has 1 aliphatic heterocycles. The number of nitrogens with zero attached hydrogens (tertiary/aromatic N) is 3. The first kappa shape index (κ1) is 21.5. The van der Waals surface area contributed by atoms with E-state index in [1.807, 2.05) is 25.1 Å². The fraction of sp³-hybridized carbons (Fsp3) is 0.192. The van der Waals surface area contributed by atoms with E-state index in [1.165, 1.54) is 15.4 Å². The number of imide groups is 1. The summed E-state index contributed by atoms with van der Waals surface area (Å²) in [5.41, 5.74) is 2.48. The van der Waals surface area contributed by atoms with Crippen molar-refractivity contribution in [3.05, 3.63) is 93.5 Å². The number of hydrogen-bond acceptors (Lipinski definition) is 6. The summed E-state index contributed by atoms with van der Waals surface area (Å²) in [6.07, 6.45) is 1.98. The lowest BCUT2D eigenvalue weighted by Gasteiger charge is -2.27. The molecule has 4 aromatic rings. The Kier molecular flexibility index (Phi) is 5.41. The Hall–Kier alpha value is -4.33. The van der Waals surface area contributed by atoms with Crippen molar-refractivity contribution in [3.8, 4) is 0 Å². The van der Waals surface area contributed by atoms with Gasteiger partial charge in [0.2, 0.25) is 0 Å². The second-order valence-electron chi connectivity index (χ2n) is 8.26. The zero-order chi connectivity index (χ0) is 23.8. The van der Waals surface area contributed by atoms with Gasteiger partial charge < -0.3 is 4.74 Å². The van der Waals surface area contributed by atoms with Crippen LogP contribution in [0.5, 0.6) is 0 Å². The van der Waals surface area contributed by atoms with Gasteiger partial charge in [-0.25, -0.2) is 4.98 Å². The summed E-state index contributed by atoms with van der Waals surface area (Å²) in [6.45, 7) is 1.85.